The van der Waals surface area contributed by atoms with E-state index in [4.69, 9.17) is 0 Å². The highest BCUT2D eigenvalue weighted by Gasteiger charge is 2.02. The van der Waals surface area contributed by atoms with Gasteiger partial charge >= 0.3 is 0 Å². The van der Waals surface area contributed by atoms with Crippen LogP contribution in [0.2, 0.25) is 0 Å². The summed E-state index contributed by atoms with van der Waals surface area (Å²) in [5.74, 6) is 0. The molecule has 0 unspecified atom stereocenters. The highest BCUT2D eigenvalue weighted by atomic mass is 15.4. The Bertz CT molecular complexity index is 669. The zero-order chi connectivity index (χ0) is 14.5. The summed E-state index contributed by atoms with van der Waals surface area (Å²) < 4.78 is 3.84. The summed E-state index contributed by atoms with van der Waals surface area (Å²) >= 11 is 0. The molecule has 21 heavy (non-hydrogen) atoms. The molecule has 0 amide bonds. The van der Waals surface area contributed by atoms with Crippen LogP contribution in [0.5, 0.6) is 0 Å². The lowest BCUT2D eigenvalue weighted by atomic mass is 10.2. The van der Waals surface area contributed by atoms with Gasteiger partial charge < -0.3 is 9.88 Å². The summed E-state index contributed by atoms with van der Waals surface area (Å²) in [5, 5.41) is 11.5. The van der Waals surface area contributed by atoms with Gasteiger partial charge in [0.05, 0.1) is 24.8 Å². The molecule has 6 nitrogen and oxygen atoms in total. The minimum atomic E-state index is 0.726. The van der Waals surface area contributed by atoms with Gasteiger partial charge in [-0.15, -0.1) is 5.10 Å². The van der Waals surface area contributed by atoms with Gasteiger partial charge in [-0.3, -0.25) is 0 Å². The smallest absolute Gasteiger partial charge is 0.0991 e. The fourth-order valence-corrected chi connectivity index (χ4v) is 2.12. The lowest BCUT2D eigenvalue weighted by molar-refractivity contribution is 0.648. The van der Waals surface area contributed by atoms with E-state index in [-0.39, 0.29) is 0 Å². The summed E-state index contributed by atoms with van der Waals surface area (Å²) in [6.07, 6.45) is 7.47. The number of rotatable bonds is 6. The van der Waals surface area contributed by atoms with Gasteiger partial charge in [0.15, 0.2) is 0 Å². The van der Waals surface area contributed by atoms with Crippen molar-refractivity contribution in [2.75, 3.05) is 6.54 Å². The first kappa shape index (κ1) is 13.5. The molecule has 0 spiro atoms. The number of aromatic nitrogens is 5. The molecule has 108 valence electrons. The molecular weight excluding hydrogens is 264 g/mol. The summed E-state index contributed by atoms with van der Waals surface area (Å²) in [6.45, 7) is 4.49. The van der Waals surface area contributed by atoms with Crippen molar-refractivity contribution in [3.8, 4) is 5.69 Å². The molecule has 0 aliphatic rings. The predicted octanol–water partition coefficient (Wildman–Crippen LogP) is 1.62. The zero-order valence-corrected chi connectivity index (χ0v) is 12.0. The van der Waals surface area contributed by atoms with Gasteiger partial charge in [0, 0.05) is 24.6 Å². The second-order valence-electron chi connectivity index (χ2n) is 4.82. The van der Waals surface area contributed by atoms with Crippen molar-refractivity contribution < 1.29 is 0 Å². The van der Waals surface area contributed by atoms with Gasteiger partial charge in [-0.05, 0) is 24.2 Å². The van der Waals surface area contributed by atoms with E-state index in [1.54, 1.807) is 12.5 Å². The van der Waals surface area contributed by atoms with E-state index >= 15 is 0 Å². The number of benzene rings is 1. The number of nitrogens with zero attached hydrogens (tertiary/aromatic N) is 5. The Kier molecular flexibility index (Phi) is 4.07. The maximum absolute atomic E-state index is 4.15. The van der Waals surface area contributed by atoms with Gasteiger partial charge in [-0.1, -0.05) is 24.3 Å². The second-order valence-corrected chi connectivity index (χ2v) is 4.82. The molecule has 0 saturated heterocycles. The van der Waals surface area contributed by atoms with Crippen LogP contribution in [0.3, 0.4) is 0 Å². The molecule has 0 atom stereocenters. The van der Waals surface area contributed by atoms with Crippen LogP contribution in [0.15, 0.2) is 49.2 Å². The van der Waals surface area contributed by atoms with E-state index < -0.39 is 0 Å². The molecule has 1 aromatic carbocycles. The molecule has 2 aromatic heterocycles. The van der Waals surface area contributed by atoms with E-state index in [9.17, 15) is 0 Å². The molecule has 0 radical (unpaired) electrons. The molecule has 0 fully saturated rings. The third kappa shape index (κ3) is 3.35. The van der Waals surface area contributed by atoms with Crippen LogP contribution < -0.4 is 5.32 Å². The third-order valence-electron chi connectivity index (χ3n) is 3.23. The summed E-state index contributed by atoms with van der Waals surface area (Å²) in [7, 11) is 0. The van der Waals surface area contributed by atoms with E-state index in [0.717, 1.165) is 31.0 Å². The molecule has 2 heterocycles. The lowest BCUT2D eigenvalue weighted by Crippen LogP contribution is -2.11. The van der Waals surface area contributed by atoms with Crippen LogP contribution in [0.1, 0.15) is 18.2 Å². The van der Waals surface area contributed by atoms with Crippen LogP contribution >= 0.6 is 0 Å². The molecule has 1 N–H and O–H groups in total. The zero-order valence-electron chi connectivity index (χ0n) is 12.0. The first-order chi connectivity index (χ1) is 10.3. The maximum Gasteiger partial charge on any atom is 0.0991 e. The van der Waals surface area contributed by atoms with Gasteiger partial charge in [0.2, 0.25) is 0 Å². The van der Waals surface area contributed by atoms with Crippen LogP contribution in [0.4, 0.5) is 0 Å². The van der Waals surface area contributed by atoms with E-state index in [2.05, 4.69) is 51.8 Å². The van der Waals surface area contributed by atoms with Crippen LogP contribution in [-0.2, 0) is 13.1 Å². The minimum absolute atomic E-state index is 0.726. The predicted molar refractivity (Wildman–Crippen MR) is 80.1 cm³/mol. The summed E-state index contributed by atoms with van der Waals surface area (Å²) in [4.78, 5) is 4.05. The molecule has 0 aliphatic heterocycles. The number of hydrogen-bond acceptors (Lipinski definition) is 4. The van der Waals surface area contributed by atoms with Crippen molar-refractivity contribution >= 4 is 0 Å². The highest BCUT2D eigenvalue weighted by Crippen LogP contribution is 2.10. The van der Waals surface area contributed by atoms with Crippen molar-refractivity contribution in [3.05, 3.63) is 60.4 Å². The number of hydrogen-bond donors (Lipinski definition) is 1. The topological polar surface area (TPSA) is 60.6 Å². The van der Waals surface area contributed by atoms with Gasteiger partial charge in [-0.2, -0.15) is 0 Å². The van der Waals surface area contributed by atoms with Crippen LogP contribution in [0.25, 0.3) is 5.69 Å². The average Bonchev–Trinajstić information content (AvgIpc) is 3.17. The normalized spacial score (nSPS) is 10.9. The number of imidazole rings is 1. The second kappa shape index (κ2) is 6.32. The number of nitrogens with one attached hydrogen (secondary N) is 1. The van der Waals surface area contributed by atoms with Crippen molar-refractivity contribution in [1.82, 2.24) is 29.9 Å². The SMILES string of the molecule is CCNCc1cn(Cc2ccc(-n3ccnc3)cc2)nn1. The van der Waals surface area contributed by atoms with Gasteiger partial charge in [0.1, 0.15) is 0 Å². The Labute approximate surface area is 123 Å². The average molecular weight is 282 g/mol. The van der Waals surface area contributed by atoms with Crippen molar-refractivity contribution in [1.29, 1.82) is 0 Å². The molecule has 0 bridgehead atoms. The Morgan fingerprint density at radius 1 is 1.19 bits per heavy atom. The molecule has 6 heteroatoms. The van der Waals surface area contributed by atoms with Crippen LogP contribution in [0, 0.1) is 0 Å². The minimum Gasteiger partial charge on any atom is -0.311 e. The summed E-state index contributed by atoms with van der Waals surface area (Å²) in [6, 6.07) is 8.35. The van der Waals surface area contributed by atoms with Crippen molar-refractivity contribution in [2.24, 2.45) is 0 Å². The molecule has 0 aliphatic carbocycles. The standard InChI is InChI=1S/C15H18N6/c1-2-16-9-14-11-21(19-18-14)10-13-3-5-15(6-4-13)20-8-7-17-12-20/h3-8,11-12,16H,2,9-10H2,1H3. The molecule has 0 saturated carbocycles. The fraction of sp³-hybridized carbons (Fsp3) is 0.267. The van der Waals surface area contributed by atoms with Crippen molar-refractivity contribution in [2.45, 2.75) is 20.0 Å². The molecular formula is C15H18N6. The van der Waals surface area contributed by atoms with E-state index in [1.807, 2.05) is 21.6 Å². The Morgan fingerprint density at radius 2 is 2.05 bits per heavy atom. The highest BCUT2D eigenvalue weighted by molar-refractivity contribution is 5.34. The third-order valence-corrected chi connectivity index (χ3v) is 3.23. The first-order valence-corrected chi connectivity index (χ1v) is 7.02. The van der Waals surface area contributed by atoms with Gasteiger partial charge in [-0.25, -0.2) is 9.67 Å². The van der Waals surface area contributed by atoms with E-state index in [1.165, 1.54) is 5.56 Å². The largest absolute Gasteiger partial charge is 0.311 e. The Hall–Kier alpha value is -2.47. The Morgan fingerprint density at radius 3 is 2.76 bits per heavy atom. The maximum atomic E-state index is 4.15. The van der Waals surface area contributed by atoms with Gasteiger partial charge in [0.25, 0.3) is 0 Å². The first-order valence-electron chi connectivity index (χ1n) is 7.02. The molecule has 3 aromatic rings. The van der Waals surface area contributed by atoms with E-state index in [0.29, 0.717) is 0 Å². The molecule has 3 rings (SSSR count). The summed E-state index contributed by atoms with van der Waals surface area (Å²) in [5.41, 5.74) is 3.26. The lowest BCUT2D eigenvalue weighted by Gasteiger charge is -2.04. The van der Waals surface area contributed by atoms with Crippen molar-refractivity contribution in [3.63, 3.8) is 0 Å². The monoisotopic (exact) mass is 282 g/mol. The Balaban J connectivity index is 1.66. The fourth-order valence-electron chi connectivity index (χ4n) is 2.12. The quantitative estimate of drug-likeness (QED) is 0.746. The van der Waals surface area contributed by atoms with Crippen LogP contribution in [-0.4, -0.2) is 31.1 Å².